The minimum absolute atomic E-state index is 0.0222. The van der Waals surface area contributed by atoms with Gasteiger partial charge in [0.25, 0.3) is 0 Å². The van der Waals surface area contributed by atoms with E-state index in [0.717, 1.165) is 6.54 Å². The van der Waals surface area contributed by atoms with Crippen LogP contribution in [-0.4, -0.2) is 65.2 Å². The first kappa shape index (κ1) is 21.2. The van der Waals surface area contributed by atoms with Crippen molar-refractivity contribution in [3.05, 3.63) is 0 Å². The highest BCUT2D eigenvalue weighted by atomic mass is 33.1. The summed E-state index contributed by atoms with van der Waals surface area (Å²) in [7, 11) is 1.28. The van der Waals surface area contributed by atoms with Gasteiger partial charge in [-0.3, -0.25) is 9.52 Å². The van der Waals surface area contributed by atoms with Crippen LogP contribution in [0.3, 0.4) is 0 Å². The zero-order chi connectivity index (χ0) is 15.8. The van der Waals surface area contributed by atoms with Gasteiger partial charge in [-0.1, -0.05) is 25.5 Å². The normalized spacial score (nSPS) is 11.2. The molecular weight excluding hydrogens is 314 g/mol. The van der Waals surface area contributed by atoms with Gasteiger partial charge in [-0.25, -0.2) is 0 Å². The molecule has 0 radical (unpaired) electrons. The van der Waals surface area contributed by atoms with Crippen LogP contribution in [-0.2, 0) is 23.7 Å². The molecule has 0 atom stereocenters. The molecule has 0 saturated heterocycles. The first-order valence-corrected chi connectivity index (χ1v) is 8.92. The number of ketones is 1. The molecule has 0 aromatic heterocycles. The van der Waals surface area contributed by atoms with Crippen LogP contribution in [0.4, 0.5) is 0 Å². The Morgan fingerprint density at radius 2 is 1.43 bits per heavy atom. The van der Waals surface area contributed by atoms with Gasteiger partial charge in [-0.05, 0) is 11.0 Å². The van der Waals surface area contributed by atoms with Crippen LogP contribution in [0.15, 0.2) is 0 Å². The standard InChI is InChI=1S/C13H27NO5S2/c1-12(2)13(15)11-19-10-9-18-8-7-17-6-5-16-4-3-14-21-20/h12,14,20H,3-11H2,1-2H3. The van der Waals surface area contributed by atoms with Gasteiger partial charge in [0.05, 0.1) is 46.2 Å². The van der Waals surface area contributed by atoms with Crippen LogP contribution in [0, 0.1) is 5.92 Å². The Labute approximate surface area is 136 Å². The van der Waals surface area contributed by atoms with Gasteiger partial charge in [0.1, 0.15) is 6.61 Å². The van der Waals surface area contributed by atoms with Crippen molar-refractivity contribution < 1.29 is 23.7 Å². The second-order valence-corrected chi connectivity index (χ2v) is 5.52. The maximum Gasteiger partial charge on any atom is 0.160 e. The molecule has 0 unspecified atom stereocenters. The summed E-state index contributed by atoms with van der Waals surface area (Å²) in [6.07, 6.45) is 0. The lowest BCUT2D eigenvalue weighted by atomic mass is 10.1. The average Bonchev–Trinajstić information content (AvgIpc) is 2.47. The third-order valence-electron chi connectivity index (χ3n) is 2.42. The van der Waals surface area contributed by atoms with Crippen molar-refractivity contribution in [3.8, 4) is 0 Å². The number of rotatable bonds is 16. The number of ether oxygens (including phenoxy) is 4. The van der Waals surface area contributed by atoms with Gasteiger partial charge in [0.15, 0.2) is 5.78 Å². The predicted octanol–water partition coefficient (Wildman–Crippen LogP) is 1.36. The molecule has 0 saturated carbocycles. The van der Waals surface area contributed by atoms with Crippen molar-refractivity contribution >= 4 is 28.4 Å². The Balaban J connectivity index is 3.04. The molecule has 0 aliphatic rings. The third kappa shape index (κ3) is 16.4. The molecule has 0 heterocycles. The van der Waals surface area contributed by atoms with Crippen molar-refractivity contribution in [2.45, 2.75) is 13.8 Å². The third-order valence-corrected chi connectivity index (χ3v) is 3.14. The molecular formula is C13H27NO5S2. The predicted molar refractivity (Wildman–Crippen MR) is 87.7 cm³/mol. The van der Waals surface area contributed by atoms with Crippen LogP contribution in [0.25, 0.3) is 0 Å². The van der Waals surface area contributed by atoms with Crippen LogP contribution in [0.5, 0.6) is 0 Å². The topological polar surface area (TPSA) is 66.0 Å². The largest absolute Gasteiger partial charge is 0.378 e. The fourth-order valence-electron chi connectivity index (χ4n) is 1.16. The number of Topliss-reactive ketones (excluding diaryl/α,β-unsaturated/α-hetero) is 1. The molecule has 8 heteroatoms. The molecule has 0 aliphatic carbocycles. The minimum Gasteiger partial charge on any atom is -0.378 e. The number of nitrogens with one attached hydrogen (secondary N) is 1. The summed E-state index contributed by atoms with van der Waals surface area (Å²) in [6.45, 7) is 8.34. The zero-order valence-corrected chi connectivity index (χ0v) is 14.5. The maximum absolute atomic E-state index is 11.3. The average molecular weight is 341 g/mol. The van der Waals surface area contributed by atoms with Gasteiger partial charge in [0.2, 0.25) is 0 Å². The van der Waals surface area contributed by atoms with E-state index in [1.54, 1.807) is 0 Å². The Morgan fingerprint density at radius 1 is 0.952 bits per heavy atom. The molecule has 0 fully saturated rings. The summed E-state index contributed by atoms with van der Waals surface area (Å²) >= 11 is 3.94. The second-order valence-electron chi connectivity index (χ2n) is 4.50. The lowest BCUT2D eigenvalue weighted by Gasteiger charge is -2.08. The van der Waals surface area contributed by atoms with E-state index in [9.17, 15) is 4.79 Å². The second kappa shape index (κ2) is 16.5. The molecule has 0 spiro atoms. The van der Waals surface area contributed by atoms with Crippen LogP contribution >= 0.6 is 22.6 Å². The molecule has 0 aromatic carbocycles. The summed E-state index contributed by atoms with van der Waals surface area (Å²) < 4.78 is 24.1. The number of carbonyl (C=O) groups is 1. The summed E-state index contributed by atoms with van der Waals surface area (Å²) in [5, 5.41) is 0. The molecule has 1 N–H and O–H groups in total. The first-order chi connectivity index (χ1) is 10.2. The quantitative estimate of drug-likeness (QED) is 0.190. The van der Waals surface area contributed by atoms with Gasteiger partial charge in [-0.2, -0.15) is 0 Å². The lowest BCUT2D eigenvalue weighted by Crippen LogP contribution is -2.18. The molecule has 0 amide bonds. The number of carbonyl (C=O) groups excluding carboxylic acids is 1. The monoisotopic (exact) mass is 341 g/mol. The molecule has 0 bridgehead atoms. The van der Waals surface area contributed by atoms with Crippen LogP contribution in [0.2, 0.25) is 0 Å². The molecule has 0 rings (SSSR count). The highest BCUT2D eigenvalue weighted by molar-refractivity contribution is 8.67. The number of thiol groups is 1. The van der Waals surface area contributed by atoms with Gasteiger partial charge >= 0.3 is 0 Å². The van der Waals surface area contributed by atoms with Gasteiger partial charge in [-0.15, -0.1) is 0 Å². The van der Waals surface area contributed by atoms with E-state index in [-0.39, 0.29) is 18.3 Å². The summed E-state index contributed by atoms with van der Waals surface area (Å²) in [4.78, 5) is 11.3. The van der Waals surface area contributed by atoms with Gasteiger partial charge < -0.3 is 18.9 Å². The van der Waals surface area contributed by atoms with Crippen LogP contribution in [0.1, 0.15) is 13.8 Å². The van der Waals surface area contributed by atoms with Crippen molar-refractivity contribution in [1.82, 2.24) is 4.72 Å². The van der Waals surface area contributed by atoms with Crippen molar-refractivity contribution in [2.24, 2.45) is 5.92 Å². The van der Waals surface area contributed by atoms with Crippen molar-refractivity contribution in [1.29, 1.82) is 0 Å². The number of hydrogen-bond donors (Lipinski definition) is 2. The van der Waals surface area contributed by atoms with E-state index in [1.807, 2.05) is 13.8 Å². The highest BCUT2D eigenvalue weighted by Gasteiger charge is 2.06. The van der Waals surface area contributed by atoms with E-state index in [0.29, 0.717) is 46.2 Å². The zero-order valence-electron chi connectivity index (χ0n) is 12.8. The van der Waals surface area contributed by atoms with Crippen LogP contribution < -0.4 is 4.72 Å². The lowest BCUT2D eigenvalue weighted by molar-refractivity contribution is -0.127. The fourth-order valence-corrected chi connectivity index (χ4v) is 1.61. The van der Waals surface area contributed by atoms with E-state index < -0.39 is 0 Å². The van der Waals surface area contributed by atoms with E-state index in [1.165, 1.54) is 11.0 Å². The molecule has 0 aliphatic heterocycles. The van der Waals surface area contributed by atoms with E-state index in [2.05, 4.69) is 16.4 Å². The Hall–Kier alpha value is 0.170. The summed E-state index contributed by atoms with van der Waals surface area (Å²) in [6, 6.07) is 0. The van der Waals surface area contributed by atoms with E-state index >= 15 is 0 Å². The van der Waals surface area contributed by atoms with E-state index in [4.69, 9.17) is 18.9 Å². The Kier molecular flexibility index (Phi) is 16.7. The van der Waals surface area contributed by atoms with Gasteiger partial charge in [0, 0.05) is 12.5 Å². The summed E-state index contributed by atoms with van der Waals surface area (Å²) in [5.74, 6) is 0.135. The number of hydrogen-bond acceptors (Lipinski definition) is 8. The first-order valence-electron chi connectivity index (χ1n) is 7.05. The SMILES string of the molecule is CC(C)C(=O)COCCOCCOCCOCCNSS. The highest BCUT2D eigenvalue weighted by Crippen LogP contribution is 1.95. The molecule has 21 heavy (non-hydrogen) atoms. The van der Waals surface area contributed by atoms with Crippen molar-refractivity contribution in [3.63, 3.8) is 0 Å². The molecule has 0 aromatic rings. The summed E-state index contributed by atoms with van der Waals surface area (Å²) in [5.41, 5.74) is 0. The maximum atomic E-state index is 11.3. The minimum atomic E-state index is 0.0222. The molecule has 6 nitrogen and oxygen atoms in total. The Morgan fingerprint density at radius 3 is 1.90 bits per heavy atom. The van der Waals surface area contributed by atoms with Crippen molar-refractivity contribution in [2.75, 3.05) is 59.4 Å². The molecule has 126 valence electrons. The fraction of sp³-hybridized carbons (Fsp3) is 0.923. The Bertz CT molecular complexity index is 245. The smallest absolute Gasteiger partial charge is 0.160 e.